The van der Waals surface area contributed by atoms with E-state index in [4.69, 9.17) is 9.97 Å². The van der Waals surface area contributed by atoms with Crippen molar-refractivity contribution in [3.05, 3.63) is 109 Å². The van der Waals surface area contributed by atoms with Gasteiger partial charge < -0.3 is 0 Å². The molecule has 2 nitrogen and oxygen atoms in total. The van der Waals surface area contributed by atoms with Crippen molar-refractivity contribution in [1.82, 2.24) is 9.97 Å². The van der Waals surface area contributed by atoms with Crippen LogP contribution in [-0.4, -0.2) is 9.97 Å². The number of hydrogen-bond donors (Lipinski definition) is 0. The molecule has 1 heterocycles. The van der Waals surface area contributed by atoms with Crippen molar-refractivity contribution in [3.8, 4) is 22.4 Å². The molecule has 0 amide bonds. The smallest absolute Gasteiger partial charge is 0.0979 e. The van der Waals surface area contributed by atoms with Gasteiger partial charge in [-0.3, -0.25) is 0 Å². The number of aryl methyl sites for hydroxylation is 1. The van der Waals surface area contributed by atoms with E-state index in [9.17, 15) is 0 Å². The molecule has 0 spiro atoms. The van der Waals surface area contributed by atoms with Crippen LogP contribution >= 0.6 is 0 Å². The SMILES string of the molecule is Cc1nc2c3ccccc3c3ccccc3c2nc1-c1cccc(-c2ccccc2)c1. The standard InChI is InChI=1S/C29H20N2/c1-19-27(22-13-9-12-21(18-22)20-10-3-2-4-11-20)31-29-26-17-8-6-15-24(26)23-14-5-7-16-25(23)28(29)30-19/h2-18H,1H3. The zero-order valence-corrected chi connectivity index (χ0v) is 17.2. The van der Waals surface area contributed by atoms with Crippen LogP contribution in [0.4, 0.5) is 0 Å². The van der Waals surface area contributed by atoms with Gasteiger partial charge >= 0.3 is 0 Å². The molecule has 5 aromatic carbocycles. The highest BCUT2D eigenvalue weighted by Crippen LogP contribution is 2.35. The summed E-state index contributed by atoms with van der Waals surface area (Å²) in [6.07, 6.45) is 0. The first-order chi connectivity index (χ1) is 15.3. The van der Waals surface area contributed by atoms with Crippen LogP contribution in [0, 0.1) is 6.92 Å². The van der Waals surface area contributed by atoms with E-state index in [1.165, 1.54) is 21.9 Å². The Morgan fingerprint density at radius 1 is 0.452 bits per heavy atom. The minimum Gasteiger partial charge on any atom is -0.249 e. The highest BCUT2D eigenvalue weighted by atomic mass is 14.8. The molecule has 0 saturated heterocycles. The summed E-state index contributed by atoms with van der Waals surface area (Å²) in [5.41, 5.74) is 7.28. The number of nitrogens with zero attached hydrogens (tertiary/aromatic N) is 2. The lowest BCUT2D eigenvalue weighted by Crippen LogP contribution is -1.96. The third-order valence-electron chi connectivity index (χ3n) is 5.97. The lowest BCUT2D eigenvalue weighted by Gasteiger charge is -2.13. The van der Waals surface area contributed by atoms with Crippen LogP contribution in [0.25, 0.3) is 55.0 Å². The number of benzene rings is 5. The summed E-state index contributed by atoms with van der Waals surface area (Å²) < 4.78 is 0. The van der Waals surface area contributed by atoms with Gasteiger partial charge in [0.15, 0.2) is 0 Å². The fourth-order valence-electron chi connectivity index (χ4n) is 4.49. The van der Waals surface area contributed by atoms with Gasteiger partial charge in [-0.15, -0.1) is 0 Å². The Bertz CT molecular complexity index is 1580. The molecule has 0 atom stereocenters. The molecular formula is C29H20N2. The minimum atomic E-state index is 0.936. The normalized spacial score (nSPS) is 11.4. The van der Waals surface area contributed by atoms with Gasteiger partial charge in [0.1, 0.15) is 0 Å². The highest BCUT2D eigenvalue weighted by Gasteiger charge is 2.14. The number of rotatable bonds is 2. The molecule has 0 fully saturated rings. The Morgan fingerprint density at radius 2 is 0.968 bits per heavy atom. The summed E-state index contributed by atoms with van der Waals surface area (Å²) in [7, 11) is 0. The number of hydrogen-bond acceptors (Lipinski definition) is 2. The second-order valence-electron chi connectivity index (χ2n) is 7.89. The van der Waals surface area contributed by atoms with Crippen LogP contribution in [0.3, 0.4) is 0 Å². The maximum absolute atomic E-state index is 5.20. The first kappa shape index (κ1) is 17.8. The van der Waals surface area contributed by atoms with Crippen molar-refractivity contribution >= 4 is 32.6 Å². The largest absolute Gasteiger partial charge is 0.249 e. The van der Waals surface area contributed by atoms with E-state index in [-0.39, 0.29) is 0 Å². The van der Waals surface area contributed by atoms with Crippen molar-refractivity contribution < 1.29 is 0 Å². The lowest BCUT2D eigenvalue weighted by atomic mass is 9.98. The average Bonchev–Trinajstić information content (AvgIpc) is 2.84. The van der Waals surface area contributed by atoms with Gasteiger partial charge in [-0.05, 0) is 34.9 Å². The fourth-order valence-corrected chi connectivity index (χ4v) is 4.49. The van der Waals surface area contributed by atoms with Crippen molar-refractivity contribution in [2.24, 2.45) is 0 Å². The van der Waals surface area contributed by atoms with Crippen LogP contribution in [0.1, 0.15) is 5.69 Å². The molecule has 0 aliphatic carbocycles. The summed E-state index contributed by atoms with van der Waals surface area (Å²) in [6, 6.07) is 36.0. The Balaban J connectivity index is 1.65. The molecule has 0 unspecified atom stereocenters. The molecule has 146 valence electrons. The lowest BCUT2D eigenvalue weighted by molar-refractivity contribution is 1.20. The Morgan fingerprint density at radius 3 is 1.65 bits per heavy atom. The van der Waals surface area contributed by atoms with Crippen LogP contribution in [0.15, 0.2) is 103 Å². The van der Waals surface area contributed by atoms with E-state index < -0.39 is 0 Å². The monoisotopic (exact) mass is 396 g/mol. The predicted octanol–water partition coefficient (Wildman–Crippen LogP) is 7.58. The fraction of sp³-hybridized carbons (Fsp3) is 0.0345. The molecule has 0 radical (unpaired) electrons. The zero-order valence-electron chi connectivity index (χ0n) is 17.2. The van der Waals surface area contributed by atoms with Gasteiger partial charge in [-0.2, -0.15) is 0 Å². The molecule has 0 aliphatic rings. The van der Waals surface area contributed by atoms with Crippen LogP contribution < -0.4 is 0 Å². The molecule has 0 aliphatic heterocycles. The summed E-state index contributed by atoms with van der Waals surface area (Å²) >= 11 is 0. The molecule has 0 N–H and O–H groups in total. The zero-order chi connectivity index (χ0) is 20.8. The van der Waals surface area contributed by atoms with Crippen molar-refractivity contribution in [2.45, 2.75) is 6.92 Å². The average molecular weight is 396 g/mol. The second kappa shape index (κ2) is 7.03. The second-order valence-corrected chi connectivity index (χ2v) is 7.89. The van der Waals surface area contributed by atoms with E-state index in [0.29, 0.717) is 0 Å². The van der Waals surface area contributed by atoms with E-state index in [1.807, 2.05) is 6.07 Å². The summed E-state index contributed by atoms with van der Waals surface area (Å²) in [5.74, 6) is 0. The molecule has 1 aromatic heterocycles. The molecule has 2 heteroatoms. The molecule has 6 rings (SSSR count). The molecular weight excluding hydrogens is 376 g/mol. The molecule has 0 bridgehead atoms. The highest BCUT2D eigenvalue weighted by molar-refractivity contribution is 6.23. The molecule has 6 aromatic rings. The van der Waals surface area contributed by atoms with Gasteiger partial charge in [-0.1, -0.05) is 97.1 Å². The summed E-state index contributed by atoms with van der Waals surface area (Å²) in [6.45, 7) is 2.06. The molecule has 31 heavy (non-hydrogen) atoms. The topological polar surface area (TPSA) is 25.8 Å². The maximum Gasteiger partial charge on any atom is 0.0979 e. The van der Waals surface area contributed by atoms with Crippen molar-refractivity contribution in [3.63, 3.8) is 0 Å². The van der Waals surface area contributed by atoms with E-state index in [0.717, 1.165) is 38.8 Å². The molecule has 0 saturated carbocycles. The minimum absolute atomic E-state index is 0.936. The van der Waals surface area contributed by atoms with Crippen LogP contribution in [0.2, 0.25) is 0 Å². The van der Waals surface area contributed by atoms with Crippen molar-refractivity contribution in [2.75, 3.05) is 0 Å². The van der Waals surface area contributed by atoms with Crippen LogP contribution in [0.5, 0.6) is 0 Å². The first-order valence-electron chi connectivity index (χ1n) is 10.5. The van der Waals surface area contributed by atoms with Crippen LogP contribution in [-0.2, 0) is 0 Å². The van der Waals surface area contributed by atoms with Gasteiger partial charge in [0, 0.05) is 16.3 Å². The Kier molecular flexibility index (Phi) is 4.03. The van der Waals surface area contributed by atoms with E-state index >= 15 is 0 Å². The Labute approximate surface area is 180 Å². The van der Waals surface area contributed by atoms with Gasteiger partial charge in [0.05, 0.1) is 22.4 Å². The van der Waals surface area contributed by atoms with Gasteiger partial charge in [-0.25, -0.2) is 9.97 Å². The summed E-state index contributed by atoms with van der Waals surface area (Å²) in [5, 5.41) is 4.73. The third-order valence-corrected chi connectivity index (χ3v) is 5.97. The van der Waals surface area contributed by atoms with Crippen molar-refractivity contribution in [1.29, 1.82) is 0 Å². The van der Waals surface area contributed by atoms with E-state index in [2.05, 4.69) is 104 Å². The quantitative estimate of drug-likeness (QED) is 0.282. The number of fused-ring (bicyclic) bond motifs is 6. The Hall–Kier alpha value is -4.04. The number of aromatic nitrogens is 2. The summed E-state index contributed by atoms with van der Waals surface area (Å²) in [4.78, 5) is 10.3. The van der Waals surface area contributed by atoms with Gasteiger partial charge in [0.25, 0.3) is 0 Å². The predicted molar refractivity (Wildman–Crippen MR) is 130 cm³/mol. The third kappa shape index (κ3) is 2.88. The van der Waals surface area contributed by atoms with Gasteiger partial charge in [0.2, 0.25) is 0 Å². The van der Waals surface area contributed by atoms with E-state index in [1.54, 1.807) is 0 Å². The maximum atomic E-state index is 5.20. The first-order valence-corrected chi connectivity index (χ1v) is 10.5.